The zero-order chi connectivity index (χ0) is 11.4. The normalized spacial score (nSPS) is 9.64. The molecule has 0 saturated heterocycles. The van der Waals surface area contributed by atoms with E-state index in [9.17, 15) is 9.59 Å². The van der Waals surface area contributed by atoms with E-state index in [2.05, 4.69) is 6.58 Å². The average molecular weight is 194 g/mol. The van der Waals surface area contributed by atoms with Crippen LogP contribution in [0.15, 0.2) is 37.0 Å². The summed E-state index contributed by atoms with van der Waals surface area (Å²) in [5.41, 5.74) is 0. The number of hydrogen-bond acceptors (Lipinski definition) is 2. The third-order valence-electron chi connectivity index (χ3n) is 1.19. The lowest BCUT2D eigenvalue weighted by Crippen LogP contribution is -2.06. The van der Waals surface area contributed by atoms with Crippen molar-refractivity contribution in [3.63, 3.8) is 0 Å². The van der Waals surface area contributed by atoms with Gasteiger partial charge in [-0.2, -0.15) is 0 Å². The third kappa shape index (κ3) is 10.6. The fourth-order valence-corrected chi connectivity index (χ4v) is 0.540. The molecule has 0 amide bonds. The highest BCUT2D eigenvalue weighted by atomic mass is 16.2. The van der Waals surface area contributed by atoms with Gasteiger partial charge in [0, 0.05) is 13.3 Å². The van der Waals surface area contributed by atoms with E-state index < -0.39 is 5.78 Å². The molecule has 14 heavy (non-hydrogen) atoms. The van der Waals surface area contributed by atoms with Crippen molar-refractivity contribution in [1.82, 2.24) is 0 Å². The Morgan fingerprint density at radius 2 is 1.71 bits per heavy atom. The first-order valence-electron chi connectivity index (χ1n) is 4.66. The van der Waals surface area contributed by atoms with Crippen LogP contribution in [0.4, 0.5) is 0 Å². The molecule has 0 aromatic heterocycles. The molecule has 0 aliphatic carbocycles. The molecular formula is C12H18O2. The molecule has 0 rings (SSSR count). The van der Waals surface area contributed by atoms with Crippen LogP contribution in [0.25, 0.3) is 0 Å². The molecule has 0 bridgehead atoms. The zero-order valence-corrected chi connectivity index (χ0v) is 9.12. The summed E-state index contributed by atoms with van der Waals surface area (Å²) in [6.45, 7) is 8.75. The van der Waals surface area contributed by atoms with Crippen LogP contribution in [0.2, 0.25) is 0 Å². The predicted molar refractivity (Wildman–Crippen MR) is 60.1 cm³/mol. The minimum atomic E-state index is -0.396. The van der Waals surface area contributed by atoms with Crippen LogP contribution < -0.4 is 0 Å². The molecule has 0 spiro atoms. The minimum absolute atomic E-state index is 0.177. The van der Waals surface area contributed by atoms with Gasteiger partial charge in [0.25, 0.3) is 0 Å². The molecule has 78 valence electrons. The highest BCUT2D eigenvalue weighted by molar-refractivity contribution is 6.36. The maximum atomic E-state index is 10.7. The van der Waals surface area contributed by atoms with Crippen molar-refractivity contribution in [3.05, 3.63) is 37.0 Å². The third-order valence-corrected chi connectivity index (χ3v) is 1.19. The second-order valence-electron chi connectivity index (χ2n) is 2.23. The second-order valence-corrected chi connectivity index (χ2v) is 2.23. The zero-order valence-electron chi connectivity index (χ0n) is 9.12. The molecular weight excluding hydrogens is 176 g/mol. The number of carbonyl (C=O) groups is 2. The molecule has 2 nitrogen and oxygen atoms in total. The van der Waals surface area contributed by atoms with Gasteiger partial charge in [0.1, 0.15) is 0 Å². The van der Waals surface area contributed by atoms with E-state index in [0.717, 1.165) is 0 Å². The number of rotatable bonds is 5. The van der Waals surface area contributed by atoms with Gasteiger partial charge in [0.2, 0.25) is 5.78 Å². The van der Waals surface area contributed by atoms with Crippen molar-refractivity contribution >= 4 is 11.6 Å². The van der Waals surface area contributed by atoms with Crippen molar-refractivity contribution in [1.29, 1.82) is 0 Å². The highest BCUT2D eigenvalue weighted by Gasteiger charge is 2.02. The van der Waals surface area contributed by atoms with Crippen LogP contribution in [0.1, 0.15) is 27.2 Å². The van der Waals surface area contributed by atoms with Crippen LogP contribution in [0.3, 0.4) is 0 Å². The molecule has 0 aromatic rings. The molecule has 0 aliphatic rings. The lowest BCUT2D eigenvalue weighted by molar-refractivity contribution is -0.134. The first-order chi connectivity index (χ1) is 6.68. The molecule has 0 saturated carbocycles. The smallest absolute Gasteiger partial charge is 0.201 e. The first-order valence-corrected chi connectivity index (χ1v) is 4.66. The Bertz CT molecular complexity index is 235. The Morgan fingerprint density at radius 3 is 2.14 bits per heavy atom. The van der Waals surface area contributed by atoms with E-state index in [1.54, 1.807) is 30.4 Å². The standard InChI is InChI=1S/C10H12O2.C2H6/c1-3-4-5-6-7-8-10(12)9(2)11;1-2/h3-7H,1,8H2,2H3;1-2H3/b5-4-,7-6-;. The molecule has 0 aromatic carbocycles. The summed E-state index contributed by atoms with van der Waals surface area (Å²) in [5, 5.41) is 0. The van der Waals surface area contributed by atoms with Gasteiger partial charge >= 0.3 is 0 Å². The van der Waals surface area contributed by atoms with Gasteiger partial charge in [0.15, 0.2) is 5.78 Å². The van der Waals surface area contributed by atoms with Crippen LogP contribution in [-0.4, -0.2) is 11.6 Å². The topological polar surface area (TPSA) is 34.1 Å². The Morgan fingerprint density at radius 1 is 1.14 bits per heavy atom. The van der Waals surface area contributed by atoms with Crippen LogP contribution in [-0.2, 0) is 9.59 Å². The van der Waals surface area contributed by atoms with Gasteiger partial charge in [-0.15, -0.1) is 0 Å². The van der Waals surface area contributed by atoms with E-state index in [-0.39, 0.29) is 12.2 Å². The summed E-state index contributed by atoms with van der Waals surface area (Å²) >= 11 is 0. The number of Topliss-reactive ketones (excluding diaryl/α,β-unsaturated/α-hetero) is 2. The fourth-order valence-electron chi connectivity index (χ4n) is 0.540. The van der Waals surface area contributed by atoms with Crippen molar-refractivity contribution in [2.75, 3.05) is 0 Å². The summed E-state index contributed by atoms with van der Waals surface area (Å²) in [6, 6.07) is 0. The van der Waals surface area contributed by atoms with Crippen molar-refractivity contribution in [2.45, 2.75) is 27.2 Å². The van der Waals surface area contributed by atoms with Crippen LogP contribution >= 0.6 is 0 Å². The lowest BCUT2D eigenvalue weighted by atomic mass is 10.2. The van der Waals surface area contributed by atoms with E-state index in [1.807, 2.05) is 13.8 Å². The van der Waals surface area contributed by atoms with Gasteiger partial charge in [-0.25, -0.2) is 0 Å². The SMILES string of the molecule is C=C/C=C\C=C/CC(=O)C(C)=O.CC. The van der Waals surface area contributed by atoms with Gasteiger partial charge in [-0.3, -0.25) is 9.59 Å². The fraction of sp³-hybridized carbons (Fsp3) is 0.333. The maximum absolute atomic E-state index is 10.7. The summed E-state index contributed by atoms with van der Waals surface area (Å²) in [5.74, 6) is -0.759. The van der Waals surface area contributed by atoms with Crippen LogP contribution in [0, 0.1) is 0 Å². The van der Waals surface area contributed by atoms with Crippen molar-refractivity contribution in [3.8, 4) is 0 Å². The number of carbonyl (C=O) groups excluding carboxylic acids is 2. The van der Waals surface area contributed by atoms with Crippen molar-refractivity contribution in [2.24, 2.45) is 0 Å². The number of allylic oxidation sites excluding steroid dienone is 5. The quantitative estimate of drug-likeness (QED) is 0.498. The van der Waals surface area contributed by atoms with Crippen LogP contribution in [0.5, 0.6) is 0 Å². The monoisotopic (exact) mass is 194 g/mol. The number of ketones is 2. The second kappa shape index (κ2) is 11.6. The predicted octanol–water partition coefficient (Wildman–Crippen LogP) is 2.86. The highest BCUT2D eigenvalue weighted by Crippen LogP contribution is 1.88. The largest absolute Gasteiger partial charge is 0.291 e. The molecule has 0 N–H and O–H groups in total. The Hall–Kier alpha value is -1.44. The molecule has 0 heterocycles. The summed E-state index contributed by atoms with van der Waals surface area (Å²) < 4.78 is 0. The molecule has 0 atom stereocenters. The summed E-state index contributed by atoms with van der Waals surface area (Å²) in [6.07, 6.45) is 8.66. The maximum Gasteiger partial charge on any atom is 0.201 e. The van der Waals surface area contributed by atoms with Gasteiger partial charge in [-0.05, 0) is 0 Å². The first kappa shape index (κ1) is 15.1. The van der Waals surface area contributed by atoms with Crippen molar-refractivity contribution < 1.29 is 9.59 Å². The van der Waals surface area contributed by atoms with Gasteiger partial charge in [0.05, 0.1) is 0 Å². The van der Waals surface area contributed by atoms with E-state index >= 15 is 0 Å². The van der Waals surface area contributed by atoms with E-state index in [1.165, 1.54) is 6.92 Å². The van der Waals surface area contributed by atoms with E-state index in [0.29, 0.717) is 0 Å². The molecule has 2 heteroatoms. The Kier molecular flexibility index (Phi) is 12.4. The van der Waals surface area contributed by atoms with E-state index in [4.69, 9.17) is 0 Å². The molecule has 0 fully saturated rings. The molecule has 0 unspecified atom stereocenters. The molecule has 0 aliphatic heterocycles. The lowest BCUT2D eigenvalue weighted by Gasteiger charge is -1.85. The Labute approximate surface area is 86.0 Å². The van der Waals surface area contributed by atoms with Gasteiger partial charge in [-0.1, -0.05) is 50.8 Å². The Balaban J connectivity index is 0. The summed E-state index contributed by atoms with van der Waals surface area (Å²) in [7, 11) is 0. The van der Waals surface area contributed by atoms with Gasteiger partial charge < -0.3 is 0 Å². The average Bonchev–Trinajstić information content (AvgIpc) is 2.20. The minimum Gasteiger partial charge on any atom is -0.291 e. The number of hydrogen-bond donors (Lipinski definition) is 0. The molecule has 0 radical (unpaired) electrons. The summed E-state index contributed by atoms with van der Waals surface area (Å²) in [4.78, 5) is 21.2.